The van der Waals surface area contributed by atoms with Gasteiger partial charge in [-0.15, -0.1) is 0 Å². The van der Waals surface area contributed by atoms with Gasteiger partial charge < -0.3 is 10.3 Å². The number of hydrogen-bond acceptors (Lipinski definition) is 4. The Kier molecular flexibility index (Phi) is 3.71. The van der Waals surface area contributed by atoms with Crippen LogP contribution in [0.3, 0.4) is 0 Å². The van der Waals surface area contributed by atoms with Crippen LogP contribution >= 0.6 is 23.2 Å². The zero-order valence-electron chi connectivity index (χ0n) is 10.9. The van der Waals surface area contributed by atoms with Gasteiger partial charge in [-0.1, -0.05) is 34.4 Å². The van der Waals surface area contributed by atoms with Gasteiger partial charge in [-0.05, 0) is 37.0 Å². The van der Waals surface area contributed by atoms with E-state index >= 15 is 0 Å². The SMILES string of the molecule is NC1(Cc2nc(Cc3ccc(Cl)c(Cl)c3)no2)CCC1. The molecule has 20 heavy (non-hydrogen) atoms. The van der Waals surface area contributed by atoms with E-state index in [1.165, 1.54) is 6.42 Å². The summed E-state index contributed by atoms with van der Waals surface area (Å²) in [5, 5.41) is 5.06. The smallest absolute Gasteiger partial charge is 0.228 e. The molecule has 0 atom stereocenters. The Labute approximate surface area is 127 Å². The van der Waals surface area contributed by atoms with Crippen LogP contribution in [-0.2, 0) is 12.8 Å². The van der Waals surface area contributed by atoms with Crippen LogP contribution in [0.2, 0.25) is 10.0 Å². The highest BCUT2D eigenvalue weighted by atomic mass is 35.5. The monoisotopic (exact) mass is 311 g/mol. The average Bonchev–Trinajstić information content (AvgIpc) is 2.79. The molecule has 0 bridgehead atoms. The van der Waals surface area contributed by atoms with Crippen molar-refractivity contribution in [3.8, 4) is 0 Å². The Hall–Kier alpha value is -1.10. The molecule has 4 nitrogen and oxygen atoms in total. The third-order valence-electron chi connectivity index (χ3n) is 3.71. The zero-order valence-corrected chi connectivity index (χ0v) is 12.4. The molecular formula is C14H15Cl2N3O. The van der Waals surface area contributed by atoms with Crippen LogP contribution in [0.1, 0.15) is 36.5 Å². The Balaban J connectivity index is 1.68. The van der Waals surface area contributed by atoms with Gasteiger partial charge in [0.05, 0.1) is 10.0 Å². The first-order chi connectivity index (χ1) is 9.54. The van der Waals surface area contributed by atoms with E-state index in [0.717, 1.165) is 18.4 Å². The largest absolute Gasteiger partial charge is 0.339 e. The molecule has 2 aromatic rings. The van der Waals surface area contributed by atoms with Crippen molar-refractivity contribution in [2.75, 3.05) is 0 Å². The number of halogens is 2. The maximum Gasteiger partial charge on any atom is 0.228 e. The summed E-state index contributed by atoms with van der Waals surface area (Å²) in [4.78, 5) is 4.39. The molecule has 0 unspecified atom stereocenters. The van der Waals surface area contributed by atoms with E-state index in [-0.39, 0.29) is 5.54 Å². The van der Waals surface area contributed by atoms with Gasteiger partial charge in [0, 0.05) is 18.4 Å². The maximum absolute atomic E-state index is 6.17. The predicted molar refractivity (Wildman–Crippen MR) is 78.0 cm³/mol. The summed E-state index contributed by atoms with van der Waals surface area (Å²) >= 11 is 11.9. The van der Waals surface area contributed by atoms with Gasteiger partial charge in [-0.2, -0.15) is 4.98 Å². The Bertz CT molecular complexity index is 623. The van der Waals surface area contributed by atoms with Crippen molar-refractivity contribution in [2.45, 2.75) is 37.6 Å². The first-order valence-corrected chi connectivity index (χ1v) is 7.34. The standard InChI is InChI=1S/C14H15Cl2N3O/c15-10-3-2-9(6-11(10)16)7-12-18-13(20-19-12)8-14(17)4-1-5-14/h2-3,6H,1,4-5,7-8,17H2. The van der Waals surface area contributed by atoms with Crippen LogP contribution in [0.25, 0.3) is 0 Å². The van der Waals surface area contributed by atoms with Crippen LogP contribution in [0, 0.1) is 0 Å². The van der Waals surface area contributed by atoms with Crippen LogP contribution < -0.4 is 5.73 Å². The maximum atomic E-state index is 6.17. The summed E-state index contributed by atoms with van der Waals surface area (Å²) in [6.45, 7) is 0. The van der Waals surface area contributed by atoms with Gasteiger partial charge in [0.25, 0.3) is 0 Å². The van der Waals surface area contributed by atoms with Crippen molar-refractivity contribution in [1.82, 2.24) is 10.1 Å². The van der Waals surface area contributed by atoms with Gasteiger partial charge in [0.2, 0.25) is 5.89 Å². The summed E-state index contributed by atoms with van der Waals surface area (Å²) < 4.78 is 5.26. The van der Waals surface area contributed by atoms with Crippen molar-refractivity contribution in [3.63, 3.8) is 0 Å². The summed E-state index contributed by atoms with van der Waals surface area (Å²) in [5.74, 6) is 1.25. The predicted octanol–water partition coefficient (Wildman–Crippen LogP) is 3.39. The summed E-state index contributed by atoms with van der Waals surface area (Å²) in [5.41, 5.74) is 7.03. The first kappa shape index (κ1) is 13.9. The zero-order chi connectivity index (χ0) is 14.2. The van der Waals surface area contributed by atoms with Crippen LogP contribution in [0.15, 0.2) is 22.7 Å². The molecule has 1 aliphatic carbocycles. The molecule has 1 saturated carbocycles. The molecule has 1 aliphatic rings. The van der Waals surface area contributed by atoms with Gasteiger partial charge in [0.15, 0.2) is 5.82 Å². The van der Waals surface area contributed by atoms with E-state index in [0.29, 0.717) is 34.6 Å². The second-order valence-corrected chi connectivity index (χ2v) is 6.24. The lowest BCUT2D eigenvalue weighted by molar-refractivity contribution is 0.221. The number of benzene rings is 1. The molecule has 1 fully saturated rings. The molecule has 0 spiro atoms. The Morgan fingerprint density at radius 2 is 2.05 bits per heavy atom. The van der Waals surface area contributed by atoms with Gasteiger partial charge in [0.1, 0.15) is 0 Å². The minimum atomic E-state index is -0.145. The summed E-state index contributed by atoms with van der Waals surface area (Å²) in [6, 6.07) is 5.49. The van der Waals surface area contributed by atoms with Crippen molar-refractivity contribution >= 4 is 23.2 Å². The average molecular weight is 312 g/mol. The molecule has 106 valence electrons. The van der Waals surface area contributed by atoms with Crippen LogP contribution in [-0.4, -0.2) is 15.7 Å². The fourth-order valence-corrected chi connectivity index (χ4v) is 2.70. The third-order valence-corrected chi connectivity index (χ3v) is 4.45. The molecule has 1 heterocycles. The molecule has 6 heteroatoms. The number of nitrogens with two attached hydrogens (primary N) is 1. The highest BCUT2D eigenvalue weighted by Crippen LogP contribution is 2.32. The minimum Gasteiger partial charge on any atom is -0.339 e. The highest BCUT2D eigenvalue weighted by molar-refractivity contribution is 6.42. The molecule has 2 N–H and O–H groups in total. The lowest BCUT2D eigenvalue weighted by Gasteiger charge is -2.36. The minimum absolute atomic E-state index is 0.145. The van der Waals surface area contributed by atoms with Crippen molar-refractivity contribution in [3.05, 3.63) is 45.5 Å². The van der Waals surface area contributed by atoms with E-state index in [2.05, 4.69) is 10.1 Å². The quantitative estimate of drug-likeness (QED) is 0.940. The molecular weight excluding hydrogens is 297 g/mol. The lowest BCUT2D eigenvalue weighted by atomic mass is 9.75. The molecule has 1 aromatic carbocycles. The second-order valence-electron chi connectivity index (χ2n) is 5.42. The van der Waals surface area contributed by atoms with Crippen molar-refractivity contribution < 1.29 is 4.52 Å². The molecule has 0 radical (unpaired) electrons. The molecule has 0 saturated heterocycles. The molecule has 0 aliphatic heterocycles. The molecule has 1 aromatic heterocycles. The normalized spacial score (nSPS) is 16.9. The van der Waals surface area contributed by atoms with Crippen molar-refractivity contribution in [2.24, 2.45) is 5.73 Å². The first-order valence-electron chi connectivity index (χ1n) is 6.58. The summed E-state index contributed by atoms with van der Waals surface area (Å²) in [7, 11) is 0. The van der Waals surface area contributed by atoms with E-state index < -0.39 is 0 Å². The van der Waals surface area contributed by atoms with Crippen LogP contribution in [0.5, 0.6) is 0 Å². The number of rotatable bonds is 4. The highest BCUT2D eigenvalue weighted by Gasteiger charge is 2.34. The number of nitrogens with zero attached hydrogens (tertiary/aromatic N) is 2. The number of aromatic nitrogens is 2. The van der Waals surface area contributed by atoms with E-state index in [4.69, 9.17) is 33.5 Å². The van der Waals surface area contributed by atoms with Crippen LogP contribution in [0.4, 0.5) is 0 Å². The fraction of sp³-hybridized carbons (Fsp3) is 0.429. The lowest BCUT2D eigenvalue weighted by Crippen LogP contribution is -2.48. The fourth-order valence-electron chi connectivity index (χ4n) is 2.37. The third kappa shape index (κ3) is 2.97. The molecule has 3 rings (SSSR count). The van der Waals surface area contributed by atoms with Crippen molar-refractivity contribution in [1.29, 1.82) is 0 Å². The van der Waals surface area contributed by atoms with E-state index in [9.17, 15) is 0 Å². The Morgan fingerprint density at radius 1 is 1.25 bits per heavy atom. The molecule has 0 amide bonds. The van der Waals surface area contributed by atoms with Gasteiger partial charge in [-0.25, -0.2) is 0 Å². The number of hydrogen-bond donors (Lipinski definition) is 1. The summed E-state index contributed by atoms with van der Waals surface area (Å²) in [6.07, 6.45) is 4.45. The van der Waals surface area contributed by atoms with Gasteiger partial charge >= 0.3 is 0 Å². The van der Waals surface area contributed by atoms with E-state index in [1.54, 1.807) is 6.07 Å². The van der Waals surface area contributed by atoms with Gasteiger partial charge in [-0.3, -0.25) is 0 Å². The second kappa shape index (κ2) is 5.35. The van der Waals surface area contributed by atoms with E-state index in [1.807, 2.05) is 12.1 Å². The topological polar surface area (TPSA) is 64.9 Å². The Morgan fingerprint density at radius 3 is 2.70 bits per heavy atom.